The molecule has 2 heterocycles. The Kier molecular flexibility index (Phi) is 6.64. The number of anilines is 1. The first-order chi connectivity index (χ1) is 15.5. The lowest BCUT2D eigenvalue weighted by Crippen LogP contribution is -2.26. The summed E-state index contributed by atoms with van der Waals surface area (Å²) in [6.45, 7) is 1.78. The topological polar surface area (TPSA) is 90.3 Å². The van der Waals surface area contributed by atoms with Gasteiger partial charge < -0.3 is 10.1 Å². The maximum Gasteiger partial charge on any atom is 0.359 e. The molecule has 0 spiro atoms. The predicted molar refractivity (Wildman–Crippen MR) is 121 cm³/mol. The molecule has 168 valence electrons. The largest absolute Gasteiger partial charge is 0.461 e. The van der Waals surface area contributed by atoms with E-state index in [1.54, 1.807) is 18.4 Å². The summed E-state index contributed by atoms with van der Waals surface area (Å²) < 4.78 is 20.4. The van der Waals surface area contributed by atoms with Gasteiger partial charge in [-0.05, 0) is 31.4 Å². The van der Waals surface area contributed by atoms with Gasteiger partial charge in [-0.25, -0.2) is 9.18 Å². The minimum absolute atomic E-state index is 0.0883. The van der Waals surface area contributed by atoms with E-state index in [9.17, 15) is 18.8 Å². The molecule has 2 aromatic heterocycles. The van der Waals surface area contributed by atoms with Crippen molar-refractivity contribution >= 4 is 39.0 Å². The van der Waals surface area contributed by atoms with E-state index in [-0.39, 0.29) is 34.7 Å². The van der Waals surface area contributed by atoms with Crippen molar-refractivity contribution in [2.75, 3.05) is 11.9 Å². The summed E-state index contributed by atoms with van der Waals surface area (Å²) in [5, 5.41) is 9.23. The quantitative estimate of drug-likeness (QED) is 0.521. The average molecular weight is 458 g/mol. The van der Waals surface area contributed by atoms with Crippen LogP contribution in [0.1, 0.15) is 55.9 Å². The molecule has 3 aromatic rings. The number of para-hydroxylation sites is 1. The number of halogens is 1. The summed E-state index contributed by atoms with van der Waals surface area (Å²) >= 11 is 1.13. The van der Waals surface area contributed by atoms with Crippen molar-refractivity contribution in [2.24, 2.45) is 5.92 Å². The molecular weight excluding hydrogens is 433 g/mol. The fraction of sp³-hybridized carbons (Fsp3) is 0.391. The van der Waals surface area contributed by atoms with E-state index in [1.807, 2.05) is 0 Å². The maximum absolute atomic E-state index is 14.4. The number of thiophene rings is 1. The monoisotopic (exact) mass is 457 g/mol. The number of benzene rings is 1. The summed E-state index contributed by atoms with van der Waals surface area (Å²) in [7, 11) is 0. The van der Waals surface area contributed by atoms with Crippen molar-refractivity contribution in [3.8, 4) is 5.69 Å². The summed E-state index contributed by atoms with van der Waals surface area (Å²) in [6.07, 6.45) is 5.89. The standard InChI is InChI=1S/C23H24FN3O4S/c1-2-31-23(30)20-15-13-32-21(25-18(28)12-11-14-7-3-4-8-14)19(15)22(29)27(26-20)17-10-6-5-9-16(17)24/h5-6,9-10,13-14H,2-4,7-8,11-12H2,1H3,(H,25,28). The van der Waals surface area contributed by atoms with Gasteiger partial charge in [-0.1, -0.05) is 37.8 Å². The van der Waals surface area contributed by atoms with Gasteiger partial charge in [-0.15, -0.1) is 11.3 Å². The van der Waals surface area contributed by atoms with Gasteiger partial charge in [0.1, 0.15) is 16.5 Å². The van der Waals surface area contributed by atoms with Crippen molar-refractivity contribution in [3.05, 3.63) is 51.5 Å². The SMILES string of the molecule is CCOC(=O)c1nn(-c2ccccc2F)c(=O)c2c(NC(=O)CCC3CCCC3)scc12. The van der Waals surface area contributed by atoms with Crippen LogP contribution in [0.5, 0.6) is 0 Å². The molecule has 0 bridgehead atoms. The Bertz CT molecular complexity index is 1210. The summed E-state index contributed by atoms with van der Waals surface area (Å²) in [6, 6.07) is 5.67. The molecule has 7 nitrogen and oxygen atoms in total. The van der Waals surface area contributed by atoms with Gasteiger partial charge in [0, 0.05) is 17.2 Å². The highest BCUT2D eigenvalue weighted by Gasteiger charge is 2.24. The fourth-order valence-corrected chi connectivity index (χ4v) is 5.06. The van der Waals surface area contributed by atoms with Crippen LogP contribution in [0, 0.1) is 11.7 Å². The Morgan fingerprint density at radius 3 is 2.75 bits per heavy atom. The number of nitrogens with zero attached hydrogens (tertiary/aromatic N) is 2. The van der Waals surface area contributed by atoms with Crippen molar-refractivity contribution in [2.45, 2.75) is 45.4 Å². The second-order valence-electron chi connectivity index (χ2n) is 7.83. The van der Waals surface area contributed by atoms with E-state index in [2.05, 4.69) is 10.4 Å². The molecule has 0 radical (unpaired) electrons. The van der Waals surface area contributed by atoms with E-state index in [1.165, 1.54) is 31.0 Å². The Balaban J connectivity index is 1.74. The second kappa shape index (κ2) is 9.60. The number of ether oxygens (including phenoxy) is 1. The van der Waals surface area contributed by atoms with Crippen molar-refractivity contribution in [1.29, 1.82) is 0 Å². The minimum Gasteiger partial charge on any atom is -0.461 e. The van der Waals surface area contributed by atoms with Crippen molar-refractivity contribution < 1.29 is 18.7 Å². The molecule has 0 unspecified atom stereocenters. The number of fused-ring (bicyclic) bond motifs is 1. The van der Waals surface area contributed by atoms with Crippen LogP contribution in [0.3, 0.4) is 0 Å². The molecule has 1 N–H and O–H groups in total. The molecule has 0 saturated heterocycles. The number of aromatic nitrogens is 2. The van der Waals surface area contributed by atoms with Gasteiger partial charge in [0.25, 0.3) is 5.56 Å². The van der Waals surface area contributed by atoms with Gasteiger partial charge >= 0.3 is 5.97 Å². The summed E-state index contributed by atoms with van der Waals surface area (Å²) in [5.74, 6) is -1.00. The van der Waals surface area contributed by atoms with Gasteiger partial charge in [-0.2, -0.15) is 9.78 Å². The van der Waals surface area contributed by atoms with Gasteiger partial charge in [0.15, 0.2) is 5.69 Å². The van der Waals surface area contributed by atoms with E-state index in [0.29, 0.717) is 17.3 Å². The zero-order valence-electron chi connectivity index (χ0n) is 17.7. The molecule has 1 saturated carbocycles. The highest BCUT2D eigenvalue weighted by atomic mass is 32.1. The first-order valence-corrected chi connectivity index (χ1v) is 11.6. The first-order valence-electron chi connectivity index (χ1n) is 10.8. The molecule has 1 aromatic carbocycles. The zero-order valence-corrected chi connectivity index (χ0v) is 18.5. The second-order valence-corrected chi connectivity index (χ2v) is 8.71. The third-order valence-corrected chi connectivity index (χ3v) is 6.60. The Hall–Kier alpha value is -3.07. The molecular formula is C23H24FN3O4S. The number of hydrogen-bond donors (Lipinski definition) is 1. The minimum atomic E-state index is -0.723. The predicted octanol–water partition coefficient (Wildman–Crippen LogP) is 4.67. The van der Waals surface area contributed by atoms with E-state index in [0.717, 1.165) is 35.3 Å². The lowest BCUT2D eigenvalue weighted by molar-refractivity contribution is -0.116. The van der Waals surface area contributed by atoms with Crippen LogP contribution < -0.4 is 10.9 Å². The third-order valence-electron chi connectivity index (χ3n) is 5.71. The Labute approximate surface area is 188 Å². The Morgan fingerprint density at radius 1 is 1.28 bits per heavy atom. The molecule has 32 heavy (non-hydrogen) atoms. The highest BCUT2D eigenvalue weighted by Crippen LogP contribution is 2.32. The third kappa shape index (κ3) is 4.43. The number of rotatable bonds is 7. The molecule has 1 amide bonds. The number of amides is 1. The van der Waals surface area contributed by atoms with Crippen LogP contribution in [0.25, 0.3) is 16.5 Å². The molecule has 0 aliphatic heterocycles. The molecule has 4 rings (SSSR count). The number of esters is 1. The first kappa shape index (κ1) is 22.1. The smallest absolute Gasteiger partial charge is 0.359 e. The summed E-state index contributed by atoms with van der Waals surface area (Å²) in [5.41, 5.74) is -0.812. The number of carbonyl (C=O) groups is 2. The van der Waals surface area contributed by atoms with Crippen LogP contribution >= 0.6 is 11.3 Å². The molecule has 9 heteroatoms. The van der Waals surface area contributed by atoms with E-state index >= 15 is 0 Å². The fourth-order valence-electron chi connectivity index (χ4n) is 4.10. The van der Waals surface area contributed by atoms with Gasteiger partial charge in [0.2, 0.25) is 5.91 Å². The summed E-state index contributed by atoms with van der Waals surface area (Å²) in [4.78, 5) is 38.4. The van der Waals surface area contributed by atoms with Crippen LogP contribution in [-0.4, -0.2) is 28.3 Å². The molecule has 1 fully saturated rings. The highest BCUT2D eigenvalue weighted by molar-refractivity contribution is 7.16. The lowest BCUT2D eigenvalue weighted by atomic mass is 10.0. The Morgan fingerprint density at radius 2 is 2.03 bits per heavy atom. The lowest BCUT2D eigenvalue weighted by Gasteiger charge is -2.11. The molecule has 0 atom stereocenters. The maximum atomic E-state index is 14.4. The number of hydrogen-bond acceptors (Lipinski definition) is 6. The van der Waals surface area contributed by atoms with Crippen molar-refractivity contribution in [3.63, 3.8) is 0 Å². The number of nitrogens with one attached hydrogen (secondary N) is 1. The van der Waals surface area contributed by atoms with Crippen LogP contribution in [0.4, 0.5) is 9.39 Å². The molecule has 1 aliphatic carbocycles. The van der Waals surface area contributed by atoms with Crippen LogP contribution in [0.2, 0.25) is 0 Å². The van der Waals surface area contributed by atoms with Crippen molar-refractivity contribution in [1.82, 2.24) is 9.78 Å². The average Bonchev–Trinajstić information content (AvgIpc) is 3.44. The number of carbonyl (C=O) groups excluding carboxylic acids is 2. The van der Waals surface area contributed by atoms with Gasteiger partial charge in [-0.3, -0.25) is 9.59 Å². The van der Waals surface area contributed by atoms with Crippen LogP contribution in [-0.2, 0) is 9.53 Å². The van der Waals surface area contributed by atoms with Crippen LogP contribution in [0.15, 0.2) is 34.4 Å². The zero-order chi connectivity index (χ0) is 22.7. The molecule has 1 aliphatic rings. The normalized spacial score (nSPS) is 14.1. The van der Waals surface area contributed by atoms with Gasteiger partial charge in [0.05, 0.1) is 12.0 Å². The van der Waals surface area contributed by atoms with E-state index in [4.69, 9.17) is 4.74 Å². The van der Waals surface area contributed by atoms with E-state index < -0.39 is 17.3 Å².